The van der Waals surface area contributed by atoms with Crippen LogP contribution in [-0.4, -0.2) is 47.8 Å². The molecule has 0 atom stereocenters. The molecular weight excluding hydrogens is 385 g/mol. The lowest BCUT2D eigenvalue weighted by molar-refractivity contribution is -0.137. The first kappa shape index (κ1) is 19.5. The van der Waals surface area contributed by atoms with Gasteiger partial charge in [0.2, 0.25) is 0 Å². The second-order valence-corrected chi connectivity index (χ2v) is 8.35. The van der Waals surface area contributed by atoms with Gasteiger partial charge in [-0.05, 0) is 26.8 Å². The van der Waals surface area contributed by atoms with E-state index in [4.69, 9.17) is 21.6 Å². The van der Waals surface area contributed by atoms with Crippen LogP contribution in [0, 0.1) is 16.7 Å². The molecule has 1 aromatic rings. The van der Waals surface area contributed by atoms with Crippen molar-refractivity contribution in [1.29, 1.82) is 5.26 Å². The van der Waals surface area contributed by atoms with Gasteiger partial charge >= 0.3 is 12.3 Å². The summed E-state index contributed by atoms with van der Waals surface area (Å²) in [6.45, 7) is 7.22. The van der Waals surface area contributed by atoms with Crippen LogP contribution in [0.4, 0.5) is 23.8 Å². The maximum absolute atomic E-state index is 13.2. The summed E-state index contributed by atoms with van der Waals surface area (Å²) in [6, 6.07) is 2.31. The average molecular weight is 403 g/mol. The van der Waals surface area contributed by atoms with E-state index < -0.39 is 34.2 Å². The first-order valence-electron chi connectivity index (χ1n) is 8.24. The Kier molecular flexibility index (Phi) is 4.46. The molecule has 1 amide bonds. The summed E-state index contributed by atoms with van der Waals surface area (Å²) in [7, 11) is 0. The Labute approximate surface area is 159 Å². The highest BCUT2D eigenvalue weighted by Gasteiger charge is 2.54. The average Bonchev–Trinajstić information content (AvgIpc) is 2.40. The van der Waals surface area contributed by atoms with Crippen LogP contribution >= 0.6 is 11.6 Å². The van der Waals surface area contributed by atoms with E-state index in [0.717, 1.165) is 6.07 Å². The Morgan fingerprint density at radius 3 is 2.37 bits per heavy atom. The fourth-order valence-corrected chi connectivity index (χ4v) is 3.57. The number of rotatable bonds is 1. The molecule has 27 heavy (non-hydrogen) atoms. The van der Waals surface area contributed by atoms with E-state index in [-0.39, 0.29) is 11.2 Å². The van der Waals surface area contributed by atoms with E-state index in [1.54, 1.807) is 30.6 Å². The van der Waals surface area contributed by atoms with Gasteiger partial charge in [-0.15, -0.1) is 0 Å². The van der Waals surface area contributed by atoms with Gasteiger partial charge in [-0.2, -0.15) is 18.4 Å². The zero-order valence-electron chi connectivity index (χ0n) is 15.0. The van der Waals surface area contributed by atoms with E-state index in [1.165, 1.54) is 6.07 Å². The third kappa shape index (κ3) is 3.76. The molecule has 3 heterocycles. The number of halogens is 4. The Morgan fingerprint density at radius 1 is 1.30 bits per heavy atom. The number of nitrogens with zero attached hydrogens (tertiary/aromatic N) is 4. The molecule has 146 valence electrons. The minimum Gasteiger partial charge on any atom is -0.444 e. The van der Waals surface area contributed by atoms with Crippen LogP contribution in [0.5, 0.6) is 0 Å². The summed E-state index contributed by atoms with van der Waals surface area (Å²) in [6.07, 6.45) is -5.09. The first-order valence-corrected chi connectivity index (χ1v) is 8.62. The third-order valence-electron chi connectivity index (χ3n) is 4.46. The van der Waals surface area contributed by atoms with Crippen molar-refractivity contribution in [2.45, 2.75) is 32.5 Å². The second kappa shape index (κ2) is 6.16. The van der Waals surface area contributed by atoms with Crippen LogP contribution in [-0.2, 0) is 10.9 Å². The molecule has 3 rings (SSSR count). The number of nitriles is 1. The number of aromatic nitrogens is 1. The molecular formula is C17H18ClF3N4O2. The van der Waals surface area contributed by atoms with Crippen LogP contribution < -0.4 is 4.90 Å². The largest absolute Gasteiger partial charge is 0.444 e. The van der Waals surface area contributed by atoms with E-state index in [9.17, 15) is 18.0 Å². The van der Waals surface area contributed by atoms with Crippen molar-refractivity contribution in [1.82, 2.24) is 9.88 Å². The normalized spacial score (nSPS) is 18.6. The van der Waals surface area contributed by atoms with Crippen molar-refractivity contribution in [3.05, 3.63) is 22.3 Å². The molecule has 0 unspecified atom stereocenters. The molecule has 0 radical (unpaired) electrons. The molecule has 1 spiro atoms. The number of anilines is 1. The van der Waals surface area contributed by atoms with E-state index in [1.807, 2.05) is 0 Å². The highest BCUT2D eigenvalue weighted by molar-refractivity contribution is 6.30. The SMILES string of the molecule is CC(C)(C)OC(=O)N1CC2(C1)CN(c1cc(C(F)(F)F)c(C#N)c(Cl)n1)C2. The molecule has 1 aromatic heterocycles. The van der Waals surface area contributed by atoms with Gasteiger partial charge in [0.1, 0.15) is 28.2 Å². The van der Waals surface area contributed by atoms with Crippen molar-refractivity contribution in [3.63, 3.8) is 0 Å². The van der Waals surface area contributed by atoms with Crippen molar-refractivity contribution in [2.24, 2.45) is 5.41 Å². The van der Waals surface area contributed by atoms with Gasteiger partial charge in [0.05, 0.1) is 5.56 Å². The number of hydrogen-bond acceptors (Lipinski definition) is 5. The Morgan fingerprint density at radius 2 is 1.89 bits per heavy atom. The summed E-state index contributed by atoms with van der Waals surface area (Å²) in [4.78, 5) is 19.2. The Bertz CT molecular complexity index is 815. The zero-order chi connectivity index (χ0) is 20.2. The van der Waals surface area contributed by atoms with Crippen molar-refractivity contribution in [2.75, 3.05) is 31.1 Å². The topological polar surface area (TPSA) is 69.5 Å². The summed E-state index contributed by atoms with van der Waals surface area (Å²) in [5.74, 6) is 0.0765. The number of hydrogen-bond donors (Lipinski definition) is 0. The lowest BCUT2D eigenvalue weighted by atomic mass is 9.73. The van der Waals surface area contributed by atoms with Gasteiger partial charge in [0.15, 0.2) is 0 Å². The Balaban J connectivity index is 1.67. The standard InChI is InChI=1S/C17H18ClF3N4O2/c1-15(2,3)27-14(26)25-8-16(9-25)6-24(7-16)12-4-11(17(19,20)21)10(5-22)13(18)23-12/h4H,6-9H2,1-3H3. The highest BCUT2D eigenvalue weighted by Crippen LogP contribution is 2.44. The molecule has 0 bridgehead atoms. The van der Waals surface area contributed by atoms with Crippen LogP contribution in [0.2, 0.25) is 5.15 Å². The number of likely N-dealkylation sites (tertiary alicyclic amines) is 1. The van der Waals surface area contributed by atoms with Crippen LogP contribution in [0.3, 0.4) is 0 Å². The number of amides is 1. The maximum Gasteiger partial charge on any atom is 0.417 e. The molecule has 0 aromatic carbocycles. The number of pyridine rings is 1. The predicted molar refractivity (Wildman–Crippen MR) is 91.4 cm³/mol. The molecule has 10 heteroatoms. The molecule has 2 fully saturated rings. The van der Waals surface area contributed by atoms with Gasteiger partial charge in [-0.25, -0.2) is 9.78 Å². The molecule has 2 aliphatic rings. The van der Waals surface area contributed by atoms with Crippen LogP contribution in [0.25, 0.3) is 0 Å². The fraction of sp³-hybridized carbons (Fsp3) is 0.588. The number of carbonyl (C=O) groups excluding carboxylic acids is 1. The minimum atomic E-state index is -4.70. The van der Waals surface area contributed by atoms with Crippen molar-refractivity contribution < 1.29 is 22.7 Å². The van der Waals surface area contributed by atoms with E-state index in [2.05, 4.69) is 4.98 Å². The summed E-state index contributed by atoms with van der Waals surface area (Å²) in [5, 5.41) is 8.45. The van der Waals surface area contributed by atoms with Crippen molar-refractivity contribution >= 4 is 23.5 Å². The van der Waals surface area contributed by atoms with Crippen LogP contribution in [0.1, 0.15) is 31.9 Å². The molecule has 6 nitrogen and oxygen atoms in total. The molecule has 0 N–H and O–H groups in total. The fourth-order valence-electron chi connectivity index (χ4n) is 3.34. The summed E-state index contributed by atoms with van der Waals surface area (Å²) in [5.41, 5.74) is -2.52. The zero-order valence-corrected chi connectivity index (χ0v) is 15.8. The van der Waals surface area contributed by atoms with Gasteiger partial charge < -0.3 is 14.5 Å². The third-order valence-corrected chi connectivity index (χ3v) is 4.73. The van der Waals surface area contributed by atoms with E-state index in [0.29, 0.717) is 26.2 Å². The number of carbonyl (C=O) groups is 1. The van der Waals surface area contributed by atoms with Gasteiger partial charge in [0.25, 0.3) is 0 Å². The Hall–Kier alpha value is -2.21. The molecule has 0 saturated carbocycles. The molecule has 2 aliphatic heterocycles. The predicted octanol–water partition coefficient (Wildman–Crippen LogP) is 3.68. The second-order valence-electron chi connectivity index (χ2n) is 8.00. The number of alkyl halides is 3. The maximum atomic E-state index is 13.2. The highest BCUT2D eigenvalue weighted by atomic mass is 35.5. The van der Waals surface area contributed by atoms with Gasteiger partial charge in [0, 0.05) is 31.6 Å². The summed E-state index contributed by atoms with van der Waals surface area (Å²) < 4.78 is 44.8. The quantitative estimate of drug-likeness (QED) is 0.670. The summed E-state index contributed by atoms with van der Waals surface area (Å²) >= 11 is 5.78. The lowest BCUT2D eigenvalue weighted by Crippen LogP contribution is -2.73. The first-order chi connectivity index (χ1) is 12.3. The lowest BCUT2D eigenvalue weighted by Gasteiger charge is -2.60. The van der Waals surface area contributed by atoms with Crippen molar-refractivity contribution in [3.8, 4) is 6.07 Å². The smallest absolute Gasteiger partial charge is 0.417 e. The molecule has 0 aliphatic carbocycles. The van der Waals surface area contributed by atoms with Crippen LogP contribution in [0.15, 0.2) is 6.07 Å². The molecule has 2 saturated heterocycles. The minimum absolute atomic E-state index is 0.0765. The van der Waals surface area contributed by atoms with Gasteiger partial charge in [-0.3, -0.25) is 0 Å². The van der Waals surface area contributed by atoms with Gasteiger partial charge in [-0.1, -0.05) is 11.6 Å². The number of ether oxygens (including phenoxy) is 1. The monoisotopic (exact) mass is 402 g/mol. The van der Waals surface area contributed by atoms with E-state index >= 15 is 0 Å².